The largest absolute Gasteiger partial charge is 0.507 e. The number of rotatable bonds is 10. The summed E-state index contributed by atoms with van der Waals surface area (Å²) in [5.41, 5.74) is 3.38. The predicted molar refractivity (Wildman–Crippen MR) is 139 cm³/mol. The number of hydrogen-bond acceptors (Lipinski definition) is 5. The van der Waals surface area contributed by atoms with Crippen LogP contribution in [0.15, 0.2) is 48.0 Å². The van der Waals surface area contributed by atoms with Crippen molar-refractivity contribution in [2.75, 3.05) is 32.8 Å². The van der Waals surface area contributed by atoms with Gasteiger partial charge >= 0.3 is 0 Å². The summed E-state index contributed by atoms with van der Waals surface area (Å²) >= 11 is 0. The molecule has 1 saturated heterocycles. The van der Waals surface area contributed by atoms with E-state index < -0.39 is 17.7 Å². The molecule has 35 heavy (non-hydrogen) atoms. The standard InChI is InChI=1S/C29H38N2O4/c1-7-30(8-2)15-16-31-26(22-11-9-20(5)10-12-22)25(28(33)29(31)34)27(32)23-13-14-24(21(6)17-23)35-18-19(3)4/h9-14,17,19,26,32H,7-8,15-16,18H2,1-6H3/b27-25+/t26-/m0/s1. The smallest absolute Gasteiger partial charge is 0.295 e. The highest BCUT2D eigenvalue weighted by atomic mass is 16.5. The van der Waals surface area contributed by atoms with Crippen LogP contribution in [0.5, 0.6) is 5.75 Å². The van der Waals surface area contributed by atoms with Crippen LogP contribution in [0, 0.1) is 19.8 Å². The molecule has 3 rings (SSSR count). The first-order valence-electron chi connectivity index (χ1n) is 12.5. The molecule has 1 aliphatic heterocycles. The zero-order chi connectivity index (χ0) is 25.7. The fourth-order valence-corrected chi connectivity index (χ4v) is 4.37. The summed E-state index contributed by atoms with van der Waals surface area (Å²) in [5.74, 6) is -0.240. The van der Waals surface area contributed by atoms with E-state index in [0.717, 1.165) is 35.5 Å². The van der Waals surface area contributed by atoms with Gasteiger partial charge in [-0.15, -0.1) is 0 Å². The average Bonchev–Trinajstić information content (AvgIpc) is 3.08. The van der Waals surface area contributed by atoms with Crippen LogP contribution < -0.4 is 4.74 Å². The Labute approximate surface area is 209 Å². The van der Waals surface area contributed by atoms with Crippen LogP contribution in [-0.2, 0) is 9.59 Å². The fourth-order valence-electron chi connectivity index (χ4n) is 4.37. The van der Waals surface area contributed by atoms with Crippen molar-refractivity contribution in [2.45, 2.75) is 47.6 Å². The molecule has 0 radical (unpaired) electrons. The number of ether oxygens (including phenoxy) is 1. The minimum atomic E-state index is -0.648. The summed E-state index contributed by atoms with van der Waals surface area (Å²) in [6.07, 6.45) is 0. The Bertz CT molecular complexity index is 1080. The summed E-state index contributed by atoms with van der Waals surface area (Å²) in [5, 5.41) is 11.3. The topological polar surface area (TPSA) is 70.1 Å². The Hall–Kier alpha value is -3.12. The molecule has 6 heteroatoms. The molecule has 6 nitrogen and oxygen atoms in total. The number of carbonyl (C=O) groups excluding carboxylic acids is 2. The van der Waals surface area contributed by atoms with Gasteiger partial charge in [-0.25, -0.2) is 0 Å². The van der Waals surface area contributed by atoms with Gasteiger partial charge in [0.05, 0.1) is 18.2 Å². The van der Waals surface area contributed by atoms with E-state index in [0.29, 0.717) is 31.2 Å². The van der Waals surface area contributed by atoms with Crippen molar-refractivity contribution in [3.05, 3.63) is 70.3 Å². The van der Waals surface area contributed by atoms with Gasteiger partial charge in [0.15, 0.2) is 0 Å². The Balaban J connectivity index is 2.04. The SMILES string of the molecule is CCN(CC)CCN1C(=O)C(=O)/C(=C(/O)c2ccc(OCC(C)C)c(C)c2)[C@@H]1c1ccc(C)cc1. The van der Waals surface area contributed by atoms with E-state index >= 15 is 0 Å². The van der Waals surface area contributed by atoms with Gasteiger partial charge in [0.2, 0.25) is 0 Å². The van der Waals surface area contributed by atoms with Crippen LogP contribution in [0.25, 0.3) is 5.76 Å². The fraction of sp³-hybridized carbons (Fsp3) is 0.448. The third-order valence-corrected chi connectivity index (χ3v) is 6.51. The Kier molecular flexibility index (Phi) is 8.73. The van der Waals surface area contributed by atoms with Gasteiger partial charge < -0.3 is 19.6 Å². The number of aliphatic hydroxyl groups excluding tert-OH is 1. The second-order valence-electron chi connectivity index (χ2n) is 9.62. The lowest BCUT2D eigenvalue weighted by molar-refractivity contribution is -0.140. The lowest BCUT2D eigenvalue weighted by atomic mass is 9.94. The molecule has 1 heterocycles. The Morgan fingerprint density at radius 2 is 1.71 bits per heavy atom. The lowest BCUT2D eigenvalue weighted by Crippen LogP contribution is -2.38. The van der Waals surface area contributed by atoms with Crippen molar-refractivity contribution in [2.24, 2.45) is 5.92 Å². The molecule has 1 aliphatic rings. The van der Waals surface area contributed by atoms with Crippen LogP contribution in [0.1, 0.15) is 56.0 Å². The van der Waals surface area contributed by atoms with Crippen LogP contribution in [0.3, 0.4) is 0 Å². The normalized spacial score (nSPS) is 17.6. The van der Waals surface area contributed by atoms with Crippen molar-refractivity contribution in [1.29, 1.82) is 0 Å². The van der Waals surface area contributed by atoms with Crippen molar-refractivity contribution in [1.82, 2.24) is 9.80 Å². The molecule has 0 spiro atoms. The molecule has 1 N–H and O–H groups in total. The molecule has 1 amide bonds. The molecule has 2 aromatic carbocycles. The van der Waals surface area contributed by atoms with Gasteiger partial charge in [0.25, 0.3) is 11.7 Å². The summed E-state index contributed by atoms with van der Waals surface area (Å²) in [4.78, 5) is 30.2. The highest BCUT2D eigenvalue weighted by molar-refractivity contribution is 6.46. The number of hydrogen-bond donors (Lipinski definition) is 1. The molecule has 1 fully saturated rings. The average molecular weight is 479 g/mol. The Morgan fingerprint density at radius 3 is 2.29 bits per heavy atom. The number of likely N-dealkylation sites (tertiary alicyclic amines) is 1. The number of amides is 1. The maximum Gasteiger partial charge on any atom is 0.295 e. The highest BCUT2D eigenvalue weighted by Gasteiger charge is 2.45. The number of ketones is 1. The van der Waals surface area contributed by atoms with Crippen molar-refractivity contribution in [3.63, 3.8) is 0 Å². The second kappa shape index (κ2) is 11.5. The first-order valence-corrected chi connectivity index (χ1v) is 12.5. The third kappa shape index (κ3) is 5.93. The van der Waals surface area contributed by atoms with Crippen LogP contribution in [-0.4, -0.2) is 59.4 Å². The molecular formula is C29H38N2O4. The first-order chi connectivity index (χ1) is 16.7. The summed E-state index contributed by atoms with van der Waals surface area (Å²) in [6.45, 7) is 15.6. The van der Waals surface area contributed by atoms with Crippen LogP contribution in [0.2, 0.25) is 0 Å². The number of aryl methyl sites for hydroxylation is 2. The molecule has 2 aromatic rings. The predicted octanol–water partition coefficient (Wildman–Crippen LogP) is 5.10. The molecule has 188 valence electrons. The van der Waals surface area contributed by atoms with Gasteiger partial charge in [0, 0.05) is 18.7 Å². The molecule has 0 aliphatic carbocycles. The number of carbonyl (C=O) groups is 2. The van der Waals surface area contributed by atoms with Gasteiger partial charge in [-0.05, 0) is 62.2 Å². The number of aliphatic hydroxyl groups is 1. The van der Waals surface area contributed by atoms with Crippen molar-refractivity contribution < 1.29 is 19.4 Å². The van der Waals surface area contributed by atoms with Crippen molar-refractivity contribution >= 4 is 17.4 Å². The number of benzene rings is 2. The van der Waals surface area contributed by atoms with Gasteiger partial charge in [-0.1, -0.05) is 57.5 Å². The van der Waals surface area contributed by atoms with Crippen LogP contribution in [0.4, 0.5) is 0 Å². The van der Waals surface area contributed by atoms with Gasteiger partial charge in [0.1, 0.15) is 11.5 Å². The van der Waals surface area contributed by atoms with Gasteiger partial charge in [-0.2, -0.15) is 0 Å². The zero-order valence-electron chi connectivity index (χ0n) is 21.8. The van der Waals surface area contributed by atoms with Crippen LogP contribution >= 0.6 is 0 Å². The van der Waals surface area contributed by atoms with E-state index in [-0.39, 0.29) is 11.3 Å². The number of nitrogens with zero attached hydrogens (tertiary/aromatic N) is 2. The monoisotopic (exact) mass is 478 g/mol. The quantitative estimate of drug-likeness (QED) is 0.292. The van der Waals surface area contributed by atoms with E-state index in [1.54, 1.807) is 17.0 Å². The number of Topliss-reactive ketones (excluding diaryl/α,β-unsaturated/α-hetero) is 1. The molecule has 0 unspecified atom stereocenters. The lowest BCUT2D eigenvalue weighted by Gasteiger charge is -2.28. The maximum atomic E-state index is 13.2. The summed E-state index contributed by atoms with van der Waals surface area (Å²) < 4.78 is 5.86. The molecule has 0 saturated carbocycles. The first kappa shape index (κ1) is 26.5. The summed E-state index contributed by atoms with van der Waals surface area (Å²) in [6, 6.07) is 12.5. The van der Waals surface area contributed by atoms with E-state index in [1.807, 2.05) is 44.2 Å². The van der Waals surface area contributed by atoms with E-state index in [1.165, 1.54) is 0 Å². The van der Waals surface area contributed by atoms with E-state index in [9.17, 15) is 14.7 Å². The molecule has 0 bridgehead atoms. The van der Waals surface area contributed by atoms with E-state index in [4.69, 9.17) is 4.74 Å². The molecule has 0 aromatic heterocycles. The second-order valence-corrected chi connectivity index (χ2v) is 9.62. The summed E-state index contributed by atoms with van der Waals surface area (Å²) in [7, 11) is 0. The Morgan fingerprint density at radius 1 is 1.06 bits per heavy atom. The van der Waals surface area contributed by atoms with E-state index in [2.05, 4.69) is 32.6 Å². The van der Waals surface area contributed by atoms with Crippen molar-refractivity contribution in [3.8, 4) is 5.75 Å². The molecule has 1 atom stereocenters. The molecular weight excluding hydrogens is 440 g/mol. The highest BCUT2D eigenvalue weighted by Crippen LogP contribution is 2.39. The maximum absolute atomic E-state index is 13.2. The zero-order valence-corrected chi connectivity index (χ0v) is 21.8. The minimum Gasteiger partial charge on any atom is -0.507 e. The minimum absolute atomic E-state index is 0.133. The number of likely N-dealkylation sites (N-methyl/N-ethyl adjacent to an activating group) is 1. The van der Waals surface area contributed by atoms with Gasteiger partial charge in [-0.3, -0.25) is 9.59 Å². The third-order valence-electron chi connectivity index (χ3n) is 6.51.